The summed E-state index contributed by atoms with van der Waals surface area (Å²) in [5, 5.41) is 3.08. The molecule has 2 fully saturated rings. The van der Waals surface area contributed by atoms with Crippen LogP contribution in [-0.2, 0) is 4.79 Å². The third kappa shape index (κ3) is 5.19. The molecule has 2 heterocycles. The Labute approximate surface area is 181 Å². The van der Waals surface area contributed by atoms with E-state index in [1.807, 2.05) is 54.6 Å². The number of rotatable bonds is 6. The second kappa shape index (κ2) is 9.57. The van der Waals surface area contributed by atoms with Crippen LogP contribution in [0.2, 0.25) is 0 Å². The van der Waals surface area contributed by atoms with Gasteiger partial charge in [0, 0.05) is 30.9 Å². The minimum atomic E-state index is -0.295. The maximum atomic E-state index is 12.7. The minimum absolute atomic E-state index is 0.0613. The van der Waals surface area contributed by atoms with E-state index in [1.165, 1.54) is 9.80 Å². The first kappa shape index (κ1) is 20.8. The molecule has 160 valence electrons. The third-order valence-corrected chi connectivity index (χ3v) is 5.63. The number of urea groups is 1. The Morgan fingerprint density at radius 2 is 1.61 bits per heavy atom. The summed E-state index contributed by atoms with van der Waals surface area (Å²) in [7, 11) is 0. The minimum Gasteiger partial charge on any atom is -0.349 e. The van der Waals surface area contributed by atoms with Crippen molar-refractivity contribution in [2.24, 2.45) is 0 Å². The number of nitrogens with zero attached hydrogens (tertiary/aromatic N) is 3. The lowest BCUT2D eigenvalue weighted by molar-refractivity contribution is -0.126. The van der Waals surface area contributed by atoms with Crippen LogP contribution < -0.4 is 5.32 Å². The molecule has 4 rings (SSSR count). The number of carbonyl (C=O) groups excluding carboxylic acids is 3. The summed E-state index contributed by atoms with van der Waals surface area (Å²) in [6.07, 6.45) is 5.06. The quantitative estimate of drug-likeness (QED) is 0.733. The predicted molar refractivity (Wildman–Crippen MR) is 118 cm³/mol. The molecule has 2 aromatic rings. The average Bonchev–Trinajstić information content (AvgIpc) is 3.07. The van der Waals surface area contributed by atoms with E-state index in [9.17, 15) is 14.4 Å². The van der Waals surface area contributed by atoms with Crippen LogP contribution in [-0.4, -0.2) is 64.9 Å². The highest BCUT2D eigenvalue weighted by atomic mass is 16.2. The molecule has 0 aromatic heterocycles. The van der Waals surface area contributed by atoms with Gasteiger partial charge in [0.25, 0.3) is 11.8 Å². The van der Waals surface area contributed by atoms with Gasteiger partial charge in [0.1, 0.15) is 6.54 Å². The molecule has 2 saturated heterocycles. The molecule has 0 spiro atoms. The molecule has 0 atom stereocenters. The van der Waals surface area contributed by atoms with Crippen molar-refractivity contribution in [2.45, 2.75) is 18.9 Å². The summed E-state index contributed by atoms with van der Waals surface area (Å²) >= 11 is 0. The summed E-state index contributed by atoms with van der Waals surface area (Å²) in [6.45, 7) is 1.78. The molecule has 7 heteroatoms. The second-order valence-corrected chi connectivity index (χ2v) is 7.83. The molecule has 2 aromatic carbocycles. The Morgan fingerprint density at radius 1 is 0.968 bits per heavy atom. The highest BCUT2D eigenvalue weighted by Gasteiger charge is 2.36. The lowest BCUT2D eigenvalue weighted by Gasteiger charge is -2.34. The second-order valence-electron chi connectivity index (χ2n) is 7.83. The number of likely N-dealkylation sites (tertiary alicyclic amines) is 1. The van der Waals surface area contributed by atoms with E-state index in [4.69, 9.17) is 0 Å². The molecule has 0 aliphatic carbocycles. The van der Waals surface area contributed by atoms with Crippen LogP contribution in [0.3, 0.4) is 0 Å². The zero-order valence-electron chi connectivity index (χ0n) is 17.3. The van der Waals surface area contributed by atoms with E-state index in [0.29, 0.717) is 5.56 Å². The lowest BCUT2D eigenvalue weighted by Crippen LogP contribution is -2.49. The number of benzene rings is 2. The number of piperidine rings is 1. The molecule has 7 nitrogen and oxygen atoms in total. The van der Waals surface area contributed by atoms with E-state index in [1.54, 1.807) is 18.3 Å². The maximum absolute atomic E-state index is 12.7. The highest BCUT2D eigenvalue weighted by molar-refractivity contribution is 6.02. The zero-order valence-corrected chi connectivity index (χ0v) is 17.3. The first-order valence-corrected chi connectivity index (χ1v) is 10.5. The fourth-order valence-electron chi connectivity index (χ4n) is 3.83. The maximum Gasteiger partial charge on any atom is 0.332 e. The summed E-state index contributed by atoms with van der Waals surface area (Å²) in [6, 6.07) is 18.6. The summed E-state index contributed by atoms with van der Waals surface area (Å²) in [5.74, 6) is -0.257. The first-order chi connectivity index (χ1) is 15.1. The molecule has 0 bridgehead atoms. The molecule has 0 radical (unpaired) electrons. The van der Waals surface area contributed by atoms with Crippen molar-refractivity contribution in [3.63, 3.8) is 0 Å². The highest BCUT2D eigenvalue weighted by Crippen LogP contribution is 2.17. The number of hydrogen-bond donors (Lipinski definition) is 1. The Hall–Kier alpha value is -3.45. The summed E-state index contributed by atoms with van der Waals surface area (Å²) in [4.78, 5) is 42.2. The Kier molecular flexibility index (Phi) is 6.43. The van der Waals surface area contributed by atoms with Crippen LogP contribution in [0.4, 0.5) is 4.79 Å². The SMILES string of the molecule is O=C(NC1CCN(CN2C(=O)CN(/C=C/c3ccccc3)C2=O)CC1)c1ccccc1. The van der Waals surface area contributed by atoms with Crippen molar-refractivity contribution < 1.29 is 14.4 Å². The molecule has 2 aliphatic rings. The van der Waals surface area contributed by atoms with Gasteiger partial charge in [0.2, 0.25) is 0 Å². The molecular formula is C24H26N4O3. The van der Waals surface area contributed by atoms with E-state index < -0.39 is 0 Å². The number of amides is 4. The van der Waals surface area contributed by atoms with Gasteiger partial charge in [-0.3, -0.25) is 19.4 Å². The van der Waals surface area contributed by atoms with Crippen LogP contribution in [0, 0.1) is 0 Å². The number of hydrogen-bond acceptors (Lipinski definition) is 4. The lowest BCUT2D eigenvalue weighted by atomic mass is 10.0. The van der Waals surface area contributed by atoms with Gasteiger partial charge in [-0.05, 0) is 36.6 Å². The van der Waals surface area contributed by atoms with Crippen molar-refractivity contribution in [1.29, 1.82) is 0 Å². The van der Waals surface area contributed by atoms with E-state index in [0.717, 1.165) is 31.5 Å². The largest absolute Gasteiger partial charge is 0.349 e. The Morgan fingerprint density at radius 3 is 2.29 bits per heavy atom. The van der Waals surface area contributed by atoms with Crippen molar-refractivity contribution >= 4 is 23.9 Å². The molecule has 0 saturated carbocycles. The van der Waals surface area contributed by atoms with Gasteiger partial charge in [-0.1, -0.05) is 48.5 Å². The smallest absolute Gasteiger partial charge is 0.332 e. The molecule has 0 unspecified atom stereocenters. The van der Waals surface area contributed by atoms with Crippen LogP contribution in [0.25, 0.3) is 6.08 Å². The Bertz CT molecular complexity index is 953. The van der Waals surface area contributed by atoms with Gasteiger partial charge in [-0.25, -0.2) is 9.69 Å². The first-order valence-electron chi connectivity index (χ1n) is 10.5. The van der Waals surface area contributed by atoms with Crippen LogP contribution in [0.15, 0.2) is 66.9 Å². The Balaban J connectivity index is 1.26. The monoisotopic (exact) mass is 418 g/mol. The van der Waals surface area contributed by atoms with Crippen molar-refractivity contribution in [3.05, 3.63) is 78.0 Å². The summed E-state index contributed by atoms with van der Waals surface area (Å²) in [5.41, 5.74) is 1.63. The van der Waals surface area contributed by atoms with Crippen LogP contribution in [0.1, 0.15) is 28.8 Å². The summed E-state index contributed by atoms with van der Waals surface area (Å²) < 4.78 is 0. The number of nitrogens with one attached hydrogen (secondary N) is 1. The molecule has 31 heavy (non-hydrogen) atoms. The average molecular weight is 418 g/mol. The van der Waals surface area contributed by atoms with Gasteiger partial charge in [-0.2, -0.15) is 0 Å². The topological polar surface area (TPSA) is 73.0 Å². The van der Waals surface area contributed by atoms with Gasteiger partial charge >= 0.3 is 6.03 Å². The van der Waals surface area contributed by atoms with Crippen molar-refractivity contribution in [2.75, 3.05) is 26.3 Å². The zero-order chi connectivity index (χ0) is 21.6. The normalized spacial score (nSPS) is 18.2. The van der Waals surface area contributed by atoms with Gasteiger partial charge in [0.15, 0.2) is 0 Å². The van der Waals surface area contributed by atoms with E-state index in [2.05, 4.69) is 10.2 Å². The molecule has 1 N–H and O–H groups in total. The fraction of sp³-hybridized carbons (Fsp3) is 0.292. The number of imide groups is 1. The molecular weight excluding hydrogens is 392 g/mol. The predicted octanol–water partition coefficient (Wildman–Crippen LogP) is 2.77. The van der Waals surface area contributed by atoms with Gasteiger partial charge in [-0.15, -0.1) is 0 Å². The van der Waals surface area contributed by atoms with Crippen LogP contribution >= 0.6 is 0 Å². The van der Waals surface area contributed by atoms with Gasteiger partial charge < -0.3 is 5.32 Å². The molecule has 2 aliphatic heterocycles. The van der Waals surface area contributed by atoms with Gasteiger partial charge in [0.05, 0.1) is 6.67 Å². The fourth-order valence-corrected chi connectivity index (χ4v) is 3.83. The van der Waals surface area contributed by atoms with E-state index in [-0.39, 0.29) is 37.1 Å². The standard InChI is InChI=1S/C24H26N4O3/c29-22-17-27(16-11-19-7-3-1-4-8-19)24(31)28(22)18-26-14-12-21(13-15-26)25-23(30)20-9-5-2-6-10-20/h1-11,16,21H,12-15,17-18H2,(H,25,30)/b16-11+. The number of carbonyl (C=O) groups is 3. The molecule has 4 amide bonds. The van der Waals surface area contributed by atoms with Crippen LogP contribution in [0.5, 0.6) is 0 Å². The van der Waals surface area contributed by atoms with Crippen molar-refractivity contribution in [3.8, 4) is 0 Å². The third-order valence-electron chi connectivity index (χ3n) is 5.63. The van der Waals surface area contributed by atoms with E-state index >= 15 is 0 Å². The van der Waals surface area contributed by atoms with Crippen molar-refractivity contribution in [1.82, 2.24) is 20.0 Å².